The van der Waals surface area contributed by atoms with Gasteiger partial charge < -0.3 is 20.7 Å². The first kappa shape index (κ1) is 18.1. The average Bonchev–Trinajstić information content (AvgIpc) is 2.62. The summed E-state index contributed by atoms with van der Waals surface area (Å²) in [5.74, 6) is 0.545. The van der Waals surface area contributed by atoms with Gasteiger partial charge in [0.15, 0.2) is 6.61 Å². The second kappa shape index (κ2) is 8.13. The number of carbonyl (C=O) groups excluding carboxylic acids is 1. The molecule has 1 heterocycles. The molecule has 0 saturated carbocycles. The van der Waals surface area contributed by atoms with Crippen molar-refractivity contribution in [1.82, 2.24) is 0 Å². The molecule has 1 saturated heterocycles. The smallest absolute Gasteiger partial charge is 0.262 e. The summed E-state index contributed by atoms with van der Waals surface area (Å²) < 4.78 is 5.68. The summed E-state index contributed by atoms with van der Waals surface area (Å²) in [7, 11) is 0. The quantitative estimate of drug-likeness (QED) is 0.800. The van der Waals surface area contributed by atoms with Crippen LogP contribution >= 0.6 is 0 Å². The van der Waals surface area contributed by atoms with Gasteiger partial charge in [0.25, 0.3) is 5.91 Å². The number of nitrogens with two attached hydrogens (primary N) is 1. The van der Waals surface area contributed by atoms with Gasteiger partial charge in [0, 0.05) is 18.8 Å². The van der Waals surface area contributed by atoms with Crippen molar-refractivity contribution in [2.24, 2.45) is 0 Å². The van der Waals surface area contributed by atoms with E-state index in [4.69, 9.17) is 10.5 Å². The molecular formula is C21H27N3O2. The third-order valence-electron chi connectivity index (χ3n) is 4.68. The lowest BCUT2D eigenvalue weighted by Gasteiger charge is -2.30. The minimum absolute atomic E-state index is 0.0296. The van der Waals surface area contributed by atoms with Crippen molar-refractivity contribution >= 4 is 23.0 Å². The van der Waals surface area contributed by atoms with Crippen molar-refractivity contribution in [1.29, 1.82) is 0 Å². The van der Waals surface area contributed by atoms with E-state index in [0.717, 1.165) is 35.8 Å². The maximum absolute atomic E-state index is 12.4. The van der Waals surface area contributed by atoms with Crippen LogP contribution in [0.15, 0.2) is 36.4 Å². The first-order valence-corrected chi connectivity index (χ1v) is 9.17. The third-order valence-corrected chi connectivity index (χ3v) is 4.68. The Kier molecular flexibility index (Phi) is 5.66. The molecule has 1 fully saturated rings. The summed E-state index contributed by atoms with van der Waals surface area (Å²) in [4.78, 5) is 14.7. The maximum atomic E-state index is 12.4. The number of hydrogen-bond acceptors (Lipinski definition) is 4. The highest BCUT2D eigenvalue weighted by Gasteiger charge is 2.16. The van der Waals surface area contributed by atoms with Crippen molar-refractivity contribution in [2.45, 2.75) is 33.1 Å². The molecule has 2 aromatic carbocycles. The van der Waals surface area contributed by atoms with Gasteiger partial charge in [0.2, 0.25) is 0 Å². The zero-order valence-corrected chi connectivity index (χ0v) is 15.5. The molecule has 2 aromatic rings. The lowest BCUT2D eigenvalue weighted by atomic mass is 10.1. The number of rotatable bonds is 5. The normalized spacial score (nSPS) is 14.2. The van der Waals surface area contributed by atoms with E-state index in [-0.39, 0.29) is 12.5 Å². The van der Waals surface area contributed by atoms with Crippen LogP contribution in [0.1, 0.15) is 30.4 Å². The van der Waals surface area contributed by atoms with Gasteiger partial charge in [0.1, 0.15) is 5.75 Å². The fraction of sp³-hybridized carbons (Fsp3) is 0.381. The molecule has 1 amide bonds. The van der Waals surface area contributed by atoms with E-state index in [1.165, 1.54) is 24.8 Å². The monoisotopic (exact) mass is 353 g/mol. The molecule has 1 aliphatic heterocycles. The average molecular weight is 353 g/mol. The Labute approximate surface area is 155 Å². The highest BCUT2D eigenvalue weighted by molar-refractivity contribution is 5.96. The first-order valence-electron chi connectivity index (χ1n) is 9.17. The molecule has 0 bridgehead atoms. The summed E-state index contributed by atoms with van der Waals surface area (Å²) in [6.45, 7) is 5.99. The molecule has 0 aliphatic carbocycles. The van der Waals surface area contributed by atoms with Crippen LogP contribution in [0.4, 0.5) is 17.1 Å². The SMILES string of the molecule is Cc1ccc(OCC(=O)Nc2cc(N)ccc2N2CCCCC2)c(C)c1. The number of carbonyl (C=O) groups is 1. The van der Waals surface area contributed by atoms with Gasteiger partial charge in [-0.2, -0.15) is 0 Å². The van der Waals surface area contributed by atoms with Crippen molar-refractivity contribution in [3.8, 4) is 5.75 Å². The van der Waals surface area contributed by atoms with Crippen LogP contribution in [0, 0.1) is 13.8 Å². The van der Waals surface area contributed by atoms with E-state index in [1.807, 2.05) is 50.2 Å². The molecule has 5 nitrogen and oxygen atoms in total. The predicted octanol–water partition coefficient (Wildman–Crippen LogP) is 3.89. The molecule has 138 valence electrons. The number of amides is 1. The molecule has 0 radical (unpaired) electrons. The van der Waals surface area contributed by atoms with Crippen molar-refractivity contribution in [2.75, 3.05) is 35.6 Å². The lowest BCUT2D eigenvalue weighted by molar-refractivity contribution is -0.118. The van der Waals surface area contributed by atoms with Crippen LogP contribution in [0.2, 0.25) is 0 Å². The zero-order chi connectivity index (χ0) is 18.5. The number of benzene rings is 2. The van der Waals surface area contributed by atoms with Gasteiger partial charge in [-0.3, -0.25) is 4.79 Å². The molecule has 0 aromatic heterocycles. The number of nitrogens with one attached hydrogen (secondary N) is 1. The number of nitrogen functional groups attached to an aromatic ring is 1. The number of nitrogens with zero attached hydrogens (tertiary/aromatic N) is 1. The Hall–Kier alpha value is -2.69. The van der Waals surface area contributed by atoms with Crippen LogP contribution in [0.5, 0.6) is 5.75 Å². The van der Waals surface area contributed by atoms with Crippen molar-refractivity contribution in [3.63, 3.8) is 0 Å². The Morgan fingerprint density at radius 2 is 1.88 bits per heavy atom. The minimum Gasteiger partial charge on any atom is -0.483 e. The molecule has 3 rings (SSSR count). The molecule has 0 atom stereocenters. The fourth-order valence-electron chi connectivity index (χ4n) is 3.36. The first-order chi connectivity index (χ1) is 12.5. The van der Waals surface area contributed by atoms with Gasteiger partial charge >= 0.3 is 0 Å². The van der Waals surface area contributed by atoms with E-state index in [1.54, 1.807) is 0 Å². The second-order valence-corrected chi connectivity index (χ2v) is 6.93. The van der Waals surface area contributed by atoms with Gasteiger partial charge in [-0.15, -0.1) is 0 Å². The van der Waals surface area contributed by atoms with Crippen LogP contribution in [0.3, 0.4) is 0 Å². The molecule has 0 spiro atoms. The Balaban J connectivity index is 1.67. The highest BCUT2D eigenvalue weighted by atomic mass is 16.5. The number of ether oxygens (including phenoxy) is 1. The third kappa shape index (κ3) is 4.48. The highest BCUT2D eigenvalue weighted by Crippen LogP contribution is 2.30. The zero-order valence-electron chi connectivity index (χ0n) is 15.5. The lowest BCUT2D eigenvalue weighted by Crippen LogP contribution is -2.31. The van der Waals surface area contributed by atoms with Gasteiger partial charge in [-0.1, -0.05) is 17.7 Å². The molecule has 5 heteroatoms. The van der Waals surface area contributed by atoms with Crippen LogP contribution < -0.4 is 20.7 Å². The van der Waals surface area contributed by atoms with Crippen molar-refractivity contribution < 1.29 is 9.53 Å². The van der Waals surface area contributed by atoms with Crippen LogP contribution in [-0.4, -0.2) is 25.6 Å². The Morgan fingerprint density at radius 1 is 1.12 bits per heavy atom. The van der Waals surface area contributed by atoms with E-state index in [2.05, 4.69) is 10.2 Å². The molecule has 1 aliphatic rings. The van der Waals surface area contributed by atoms with Crippen LogP contribution in [-0.2, 0) is 4.79 Å². The summed E-state index contributed by atoms with van der Waals surface area (Å²) >= 11 is 0. The summed E-state index contributed by atoms with van der Waals surface area (Å²) in [6, 6.07) is 11.6. The number of aryl methyl sites for hydroxylation is 2. The topological polar surface area (TPSA) is 67.6 Å². The van der Waals surface area contributed by atoms with E-state index in [0.29, 0.717) is 5.69 Å². The molecule has 26 heavy (non-hydrogen) atoms. The van der Waals surface area contributed by atoms with E-state index < -0.39 is 0 Å². The van der Waals surface area contributed by atoms with Gasteiger partial charge in [-0.05, 0) is 62.9 Å². The maximum Gasteiger partial charge on any atom is 0.262 e. The standard InChI is InChI=1S/C21H27N3O2/c1-15-6-9-20(16(2)12-15)26-14-21(25)23-18-13-17(22)7-8-19(18)24-10-4-3-5-11-24/h6-9,12-13H,3-5,10-11,14,22H2,1-2H3,(H,23,25). The Morgan fingerprint density at radius 3 is 2.62 bits per heavy atom. The molecule has 3 N–H and O–H groups in total. The summed E-state index contributed by atoms with van der Waals surface area (Å²) in [6.07, 6.45) is 3.61. The summed E-state index contributed by atoms with van der Waals surface area (Å²) in [5.41, 5.74) is 10.5. The predicted molar refractivity (Wildman–Crippen MR) is 107 cm³/mol. The van der Waals surface area contributed by atoms with Crippen LogP contribution in [0.25, 0.3) is 0 Å². The largest absolute Gasteiger partial charge is 0.483 e. The number of anilines is 3. The number of hydrogen-bond donors (Lipinski definition) is 2. The van der Waals surface area contributed by atoms with Crippen molar-refractivity contribution in [3.05, 3.63) is 47.5 Å². The number of piperidine rings is 1. The van der Waals surface area contributed by atoms with Gasteiger partial charge in [-0.25, -0.2) is 0 Å². The van der Waals surface area contributed by atoms with E-state index >= 15 is 0 Å². The fourth-order valence-corrected chi connectivity index (χ4v) is 3.36. The second-order valence-electron chi connectivity index (χ2n) is 6.93. The van der Waals surface area contributed by atoms with Gasteiger partial charge in [0.05, 0.1) is 11.4 Å². The Bertz CT molecular complexity index is 783. The minimum atomic E-state index is -0.186. The molecule has 0 unspecified atom stereocenters. The summed E-state index contributed by atoms with van der Waals surface area (Å²) in [5, 5.41) is 2.96. The molecular weight excluding hydrogens is 326 g/mol. The van der Waals surface area contributed by atoms with E-state index in [9.17, 15) is 4.79 Å².